The number of nitrogens with one attached hydrogen (secondary N) is 1. The molecule has 1 rings (SSSR count). The first-order chi connectivity index (χ1) is 7.69. The Morgan fingerprint density at radius 3 is 2.94 bits per heavy atom. The molecule has 1 aromatic rings. The smallest absolute Gasteiger partial charge is 0.211 e. The molecule has 0 bridgehead atoms. The van der Waals surface area contributed by atoms with E-state index in [0.717, 1.165) is 19.4 Å². The number of carbonyl (C=O) groups is 1. The number of hydrogen-bond donors (Lipinski definition) is 1. The molecule has 1 unspecified atom stereocenters. The Bertz CT molecular complexity index is 333. The summed E-state index contributed by atoms with van der Waals surface area (Å²) in [4.78, 5) is 16.0. The van der Waals surface area contributed by atoms with Gasteiger partial charge in [0.1, 0.15) is 0 Å². The third kappa shape index (κ3) is 3.45. The van der Waals surface area contributed by atoms with Crippen molar-refractivity contribution < 1.29 is 4.79 Å². The van der Waals surface area contributed by atoms with Gasteiger partial charge in [0.25, 0.3) is 0 Å². The molecular weight excluding hydrogens is 202 g/mol. The molecule has 4 nitrogen and oxygen atoms in total. The molecule has 1 heterocycles. The standard InChI is InChI=1S/C12H21N3O/c1-4-7-15-8-6-13-12(15)11(16)9-14-10(3)5-2/h6,8,10,14H,4-5,7,9H2,1-3H3. The van der Waals surface area contributed by atoms with E-state index in [1.807, 2.05) is 10.8 Å². The average molecular weight is 223 g/mol. The zero-order valence-electron chi connectivity index (χ0n) is 10.4. The van der Waals surface area contributed by atoms with Crippen LogP contribution in [0.1, 0.15) is 44.2 Å². The van der Waals surface area contributed by atoms with E-state index in [1.165, 1.54) is 0 Å². The highest BCUT2D eigenvalue weighted by atomic mass is 16.1. The van der Waals surface area contributed by atoms with Crippen LogP contribution in [-0.2, 0) is 6.54 Å². The number of aromatic nitrogens is 2. The van der Waals surface area contributed by atoms with Crippen LogP contribution in [0.4, 0.5) is 0 Å². The molecule has 0 radical (unpaired) electrons. The number of ketones is 1. The molecule has 90 valence electrons. The van der Waals surface area contributed by atoms with Crippen LogP contribution in [0.15, 0.2) is 12.4 Å². The van der Waals surface area contributed by atoms with Gasteiger partial charge in [0.15, 0.2) is 5.82 Å². The summed E-state index contributed by atoms with van der Waals surface area (Å²) in [6.07, 6.45) is 5.58. The van der Waals surface area contributed by atoms with Crippen LogP contribution >= 0.6 is 0 Å². The van der Waals surface area contributed by atoms with Crippen molar-refractivity contribution in [2.45, 2.75) is 46.2 Å². The maximum Gasteiger partial charge on any atom is 0.211 e. The fourth-order valence-electron chi connectivity index (χ4n) is 1.47. The quantitative estimate of drug-likeness (QED) is 0.718. The highest BCUT2D eigenvalue weighted by Gasteiger charge is 2.12. The Kier molecular flexibility index (Phi) is 5.19. The Balaban J connectivity index is 2.55. The van der Waals surface area contributed by atoms with E-state index in [9.17, 15) is 4.79 Å². The van der Waals surface area contributed by atoms with Crippen molar-refractivity contribution in [3.8, 4) is 0 Å². The number of aryl methyl sites for hydroxylation is 1. The third-order valence-electron chi connectivity index (χ3n) is 2.65. The van der Waals surface area contributed by atoms with E-state index >= 15 is 0 Å². The fraction of sp³-hybridized carbons (Fsp3) is 0.667. The molecule has 4 heteroatoms. The molecule has 1 atom stereocenters. The minimum Gasteiger partial charge on any atom is -0.328 e. The van der Waals surface area contributed by atoms with Gasteiger partial charge < -0.3 is 9.88 Å². The van der Waals surface area contributed by atoms with Crippen LogP contribution < -0.4 is 5.32 Å². The van der Waals surface area contributed by atoms with Crippen molar-refractivity contribution >= 4 is 5.78 Å². The maximum absolute atomic E-state index is 11.9. The minimum absolute atomic E-state index is 0.0683. The molecule has 1 N–H and O–H groups in total. The largest absolute Gasteiger partial charge is 0.328 e. The van der Waals surface area contributed by atoms with Crippen molar-refractivity contribution in [3.05, 3.63) is 18.2 Å². The van der Waals surface area contributed by atoms with Gasteiger partial charge in [-0.15, -0.1) is 0 Å². The summed E-state index contributed by atoms with van der Waals surface area (Å²) in [5.41, 5.74) is 0. The summed E-state index contributed by atoms with van der Waals surface area (Å²) in [6.45, 7) is 7.48. The van der Waals surface area contributed by atoms with Crippen molar-refractivity contribution in [2.24, 2.45) is 0 Å². The fourth-order valence-corrected chi connectivity index (χ4v) is 1.47. The van der Waals surface area contributed by atoms with Crippen LogP contribution in [0.2, 0.25) is 0 Å². The van der Waals surface area contributed by atoms with Gasteiger partial charge in [0, 0.05) is 25.0 Å². The van der Waals surface area contributed by atoms with Gasteiger partial charge in [0.2, 0.25) is 5.78 Å². The normalized spacial score (nSPS) is 12.7. The number of imidazole rings is 1. The Morgan fingerprint density at radius 2 is 2.31 bits per heavy atom. The van der Waals surface area contributed by atoms with Crippen LogP contribution in [0.5, 0.6) is 0 Å². The number of rotatable bonds is 7. The minimum atomic E-state index is 0.0683. The molecular formula is C12H21N3O. The van der Waals surface area contributed by atoms with Crippen LogP contribution in [0.25, 0.3) is 0 Å². The Hall–Kier alpha value is -1.16. The van der Waals surface area contributed by atoms with Gasteiger partial charge >= 0.3 is 0 Å². The molecule has 0 saturated heterocycles. The summed E-state index contributed by atoms with van der Waals surface area (Å²) < 4.78 is 1.92. The SMILES string of the molecule is CCCn1ccnc1C(=O)CNC(C)CC. The highest BCUT2D eigenvalue weighted by Crippen LogP contribution is 2.00. The van der Waals surface area contributed by atoms with Crippen LogP contribution in [-0.4, -0.2) is 27.9 Å². The molecule has 0 saturated carbocycles. The summed E-state index contributed by atoms with van der Waals surface area (Å²) in [5.74, 6) is 0.636. The van der Waals surface area contributed by atoms with Crippen molar-refractivity contribution in [1.29, 1.82) is 0 Å². The molecule has 0 amide bonds. The Labute approximate surface area is 97.1 Å². The summed E-state index contributed by atoms with van der Waals surface area (Å²) in [5, 5.41) is 3.19. The first kappa shape index (κ1) is 12.9. The number of Topliss-reactive ketones (excluding diaryl/α,β-unsaturated/α-hetero) is 1. The second kappa shape index (κ2) is 6.43. The van der Waals surface area contributed by atoms with Crippen molar-refractivity contribution in [3.63, 3.8) is 0 Å². The molecule has 0 aliphatic rings. The molecule has 0 aliphatic heterocycles. The van der Waals surface area contributed by atoms with Crippen molar-refractivity contribution in [1.82, 2.24) is 14.9 Å². The van der Waals surface area contributed by atoms with E-state index in [2.05, 4.69) is 31.1 Å². The molecule has 0 aromatic carbocycles. The van der Waals surface area contributed by atoms with Gasteiger partial charge in [-0.2, -0.15) is 0 Å². The molecule has 0 fully saturated rings. The van der Waals surface area contributed by atoms with Crippen LogP contribution in [0.3, 0.4) is 0 Å². The van der Waals surface area contributed by atoms with Gasteiger partial charge in [-0.1, -0.05) is 13.8 Å². The van der Waals surface area contributed by atoms with E-state index in [-0.39, 0.29) is 5.78 Å². The zero-order valence-corrected chi connectivity index (χ0v) is 10.4. The summed E-state index contributed by atoms with van der Waals surface area (Å²) >= 11 is 0. The van der Waals surface area contributed by atoms with Gasteiger partial charge in [0.05, 0.1) is 6.54 Å². The average Bonchev–Trinajstić information content (AvgIpc) is 2.74. The second-order valence-electron chi connectivity index (χ2n) is 4.06. The number of carbonyl (C=O) groups excluding carboxylic acids is 1. The molecule has 16 heavy (non-hydrogen) atoms. The lowest BCUT2D eigenvalue weighted by atomic mass is 10.2. The van der Waals surface area contributed by atoms with E-state index in [0.29, 0.717) is 18.4 Å². The highest BCUT2D eigenvalue weighted by molar-refractivity contribution is 5.94. The first-order valence-corrected chi connectivity index (χ1v) is 5.96. The Morgan fingerprint density at radius 1 is 1.56 bits per heavy atom. The lowest BCUT2D eigenvalue weighted by Crippen LogP contribution is -2.32. The lowest BCUT2D eigenvalue weighted by Gasteiger charge is -2.10. The monoisotopic (exact) mass is 223 g/mol. The van der Waals surface area contributed by atoms with Crippen molar-refractivity contribution in [2.75, 3.05) is 6.54 Å². The molecule has 1 aromatic heterocycles. The zero-order chi connectivity index (χ0) is 12.0. The first-order valence-electron chi connectivity index (χ1n) is 5.96. The van der Waals surface area contributed by atoms with E-state index < -0.39 is 0 Å². The van der Waals surface area contributed by atoms with Crippen LogP contribution in [0, 0.1) is 0 Å². The molecule has 0 aliphatic carbocycles. The third-order valence-corrected chi connectivity index (χ3v) is 2.65. The van der Waals surface area contributed by atoms with Gasteiger partial charge in [-0.05, 0) is 19.8 Å². The number of hydrogen-bond acceptors (Lipinski definition) is 3. The van der Waals surface area contributed by atoms with Gasteiger partial charge in [-0.3, -0.25) is 4.79 Å². The lowest BCUT2D eigenvalue weighted by molar-refractivity contribution is 0.0973. The number of nitrogens with zero attached hydrogens (tertiary/aromatic N) is 2. The van der Waals surface area contributed by atoms with Gasteiger partial charge in [-0.25, -0.2) is 4.98 Å². The second-order valence-corrected chi connectivity index (χ2v) is 4.06. The predicted molar refractivity (Wildman–Crippen MR) is 64.6 cm³/mol. The summed E-state index contributed by atoms with van der Waals surface area (Å²) in [6, 6.07) is 0.374. The van der Waals surface area contributed by atoms with E-state index in [1.54, 1.807) is 6.20 Å². The predicted octanol–water partition coefficient (Wildman–Crippen LogP) is 1.86. The van der Waals surface area contributed by atoms with E-state index in [4.69, 9.17) is 0 Å². The summed E-state index contributed by atoms with van der Waals surface area (Å²) in [7, 11) is 0. The molecule has 0 spiro atoms. The maximum atomic E-state index is 11.9. The topological polar surface area (TPSA) is 46.9 Å².